The number of furan rings is 1. The first-order valence-corrected chi connectivity index (χ1v) is 8.54. The molecule has 0 radical (unpaired) electrons. The van der Waals surface area contributed by atoms with E-state index in [-0.39, 0.29) is 31.2 Å². The van der Waals surface area contributed by atoms with Crippen molar-refractivity contribution in [3.05, 3.63) is 48.4 Å². The number of ether oxygens (including phenoxy) is 1. The summed E-state index contributed by atoms with van der Waals surface area (Å²) in [4.78, 5) is 46.0. The standard InChI is InChI=1S/C19H21N3O6/c1-13(23)21-14-4-6-15(7-5-14)22-18(25)12-28-19(26)9-8-17(24)20-11-16-3-2-10-27-16/h2-7,10H,8-9,11-12H2,1H3,(H,20,24)(H,21,23)(H,22,25). The van der Waals surface area contributed by atoms with E-state index in [0.717, 1.165) is 0 Å². The van der Waals surface area contributed by atoms with Crippen LogP contribution in [0, 0.1) is 0 Å². The van der Waals surface area contributed by atoms with Gasteiger partial charge in [-0.15, -0.1) is 0 Å². The van der Waals surface area contributed by atoms with Gasteiger partial charge >= 0.3 is 5.97 Å². The van der Waals surface area contributed by atoms with Crippen LogP contribution in [0.2, 0.25) is 0 Å². The summed E-state index contributed by atoms with van der Waals surface area (Å²) in [6, 6.07) is 9.90. The number of carbonyl (C=O) groups excluding carboxylic acids is 4. The summed E-state index contributed by atoms with van der Waals surface area (Å²) < 4.78 is 9.92. The van der Waals surface area contributed by atoms with Gasteiger partial charge in [0.05, 0.1) is 19.2 Å². The zero-order valence-corrected chi connectivity index (χ0v) is 15.3. The molecule has 9 heteroatoms. The Morgan fingerprint density at radius 1 is 0.929 bits per heavy atom. The lowest BCUT2D eigenvalue weighted by atomic mass is 10.2. The quantitative estimate of drug-likeness (QED) is 0.563. The third-order valence-electron chi connectivity index (χ3n) is 3.45. The van der Waals surface area contributed by atoms with Crippen molar-refractivity contribution in [1.29, 1.82) is 0 Å². The van der Waals surface area contributed by atoms with Crippen LogP contribution in [-0.2, 0) is 30.5 Å². The van der Waals surface area contributed by atoms with Crippen LogP contribution in [0.15, 0.2) is 47.1 Å². The summed E-state index contributed by atoms with van der Waals surface area (Å²) >= 11 is 0. The maximum absolute atomic E-state index is 11.8. The average molecular weight is 387 g/mol. The van der Waals surface area contributed by atoms with E-state index in [1.54, 1.807) is 36.4 Å². The molecule has 0 bridgehead atoms. The molecule has 0 fully saturated rings. The maximum Gasteiger partial charge on any atom is 0.306 e. The molecule has 0 aliphatic rings. The largest absolute Gasteiger partial charge is 0.467 e. The van der Waals surface area contributed by atoms with Crippen LogP contribution in [0.4, 0.5) is 11.4 Å². The number of nitrogens with one attached hydrogen (secondary N) is 3. The highest BCUT2D eigenvalue weighted by Gasteiger charge is 2.11. The summed E-state index contributed by atoms with van der Waals surface area (Å²) in [6.07, 6.45) is 1.32. The molecule has 0 saturated heterocycles. The molecule has 0 unspecified atom stereocenters. The van der Waals surface area contributed by atoms with Crippen LogP contribution in [-0.4, -0.2) is 30.3 Å². The smallest absolute Gasteiger partial charge is 0.306 e. The number of hydrogen-bond acceptors (Lipinski definition) is 6. The molecule has 0 aliphatic heterocycles. The molecule has 3 amide bonds. The normalized spacial score (nSPS) is 10.0. The molecule has 2 rings (SSSR count). The Morgan fingerprint density at radius 2 is 1.61 bits per heavy atom. The highest BCUT2D eigenvalue weighted by molar-refractivity contribution is 5.94. The Bertz CT molecular complexity index is 815. The molecule has 0 saturated carbocycles. The minimum atomic E-state index is -0.649. The third kappa shape index (κ3) is 7.73. The Balaban J connectivity index is 1.62. The third-order valence-corrected chi connectivity index (χ3v) is 3.45. The van der Waals surface area contributed by atoms with Crippen LogP contribution in [0.25, 0.3) is 0 Å². The summed E-state index contributed by atoms with van der Waals surface area (Å²) in [7, 11) is 0. The summed E-state index contributed by atoms with van der Waals surface area (Å²) in [6.45, 7) is 1.18. The number of carbonyl (C=O) groups is 4. The van der Waals surface area contributed by atoms with E-state index in [4.69, 9.17) is 9.15 Å². The predicted molar refractivity (Wildman–Crippen MR) is 100 cm³/mol. The minimum absolute atomic E-state index is 0.0498. The number of anilines is 2. The highest BCUT2D eigenvalue weighted by atomic mass is 16.5. The molecule has 1 heterocycles. The maximum atomic E-state index is 11.8. The predicted octanol–water partition coefficient (Wildman–Crippen LogP) is 1.82. The van der Waals surface area contributed by atoms with Crippen molar-refractivity contribution in [2.75, 3.05) is 17.2 Å². The van der Waals surface area contributed by atoms with Gasteiger partial charge in [-0.2, -0.15) is 0 Å². The zero-order chi connectivity index (χ0) is 20.4. The molecule has 1 aromatic heterocycles. The van der Waals surface area contributed by atoms with Crippen molar-refractivity contribution in [3.63, 3.8) is 0 Å². The zero-order valence-electron chi connectivity index (χ0n) is 15.3. The summed E-state index contributed by atoms with van der Waals surface area (Å²) in [5.74, 6) is -1.07. The molecular weight excluding hydrogens is 366 g/mol. The molecule has 3 N–H and O–H groups in total. The van der Waals surface area contributed by atoms with Gasteiger partial charge in [0.15, 0.2) is 6.61 Å². The molecule has 9 nitrogen and oxygen atoms in total. The lowest BCUT2D eigenvalue weighted by Gasteiger charge is -2.08. The van der Waals surface area contributed by atoms with E-state index >= 15 is 0 Å². The second-order valence-corrected chi connectivity index (χ2v) is 5.82. The van der Waals surface area contributed by atoms with E-state index in [1.807, 2.05) is 0 Å². The highest BCUT2D eigenvalue weighted by Crippen LogP contribution is 2.13. The number of esters is 1. The van der Waals surface area contributed by atoms with E-state index in [9.17, 15) is 19.2 Å². The number of rotatable bonds is 9. The first-order chi connectivity index (χ1) is 13.4. The first-order valence-electron chi connectivity index (χ1n) is 8.54. The molecule has 2 aromatic rings. The van der Waals surface area contributed by atoms with Crippen molar-refractivity contribution >= 4 is 35.1 Å². The van der Waals surface area contributed by atoms with Crippen LogP contribution in [0.5, 0.6) is 0 Å². The van der Waals surface area contributed by atoms with E-state index < -0.39 is 18.5 Å². The molecular formula is C19H21N3O6. The summed E-state index contributed by atoms with van der Waals surface area (Å²) in [5, 5.41) is 7.77. The molecule has 0 atom stereocenters. The van der Waals surface area contributed by atoms with Gasteiger partial charge in [0.2, 0.25) is 11.8 Å². The van der Waals surface area contributed by atoms with Gasteiger partial charge < -0.3 is 25.1 Å². The molecule has 148 valence electrons. The second kappa shape index (κ2) is 10.5. The van der Waals surface area contributed by atoms with Crippen molar-refractivity contribution in [2.45, 2.75) is 26.3 Å². The monoisotopic (exact) mass is 387 g/mol. The SMILES string of the molecule is CC(=O)Nc1ccc(NC(=O)COC(=O)CCC(=O)NCc2ccco2)cc1. The number of hydrogen-bond donors (Lipinski definition) is 3. The van der Waals surface area contributed by atoms with Crippen LogP contribution >= 0.6 is 0 Å². The van der Waals surface area contributed by atoms with Gasteiger partial charge in [-0.1, -0.05) is 0 Å². The van der Waals surface area contributed by atoms with Crippen LogP contribution in [0.1, 0.15) is 25.5 Å². The van der Waals surface area contributed by atoms with Crippen molar-refractivity contribution in [1.82, 2.24) is 5.32 Å². The Hall–Kier alpha value is -3.62. The number of amides is 3. The molecule has 0 aliphatic carbocycles. The van der Waals surface area contributed by atoms with Crippen LogP contribution in [0.3, 0.4) is 0 Å². The van der Waals surface area contributed by atoms with Gasteiger partial charge in [0, 0.05) is 24.7 Å². The van der Waals surface area contributed by atoms with Crippen molar-refractivity contribution in [2.24, 2.45) is 0 Å². The average Bonchev–Trinajstić information content (AvgIpc) is 3.18. The topological polar surface area (TPSA) is 127 Å². The lowest BCUT2D eigenvalue weighted by Crippen LogP contribution is -2.24. The van der Waals surface area contributed by atoms with Gasteiger partial charge in [-0.3, -0.25) is 19.2 Å². The summed E-state index contributed by atoms with van der Waals surface area (Å²) in [5.41, 5.74) is 1.09. The van der Waals surface area contributed by atoms with Crippen LogP contribution < -0.4 is 16.0 Å². The fourth-order valence-corrected chi connectivity index (χ4v) is 2.16. The Kier molecular flexibility index (Phi) is 7.77. The Morgan fingerprint density at radius 3 is 2.21 bits per heavy atom. The van der Waals surface area contributed by atoms with E-state index in [0.29, 0.717) is 17.1 Å². The van der Waals surface area contributed by atoms with Crippen molar-refractivity contribution in [3.8, 4) is 0 Å². The fraction of sp³-hybridized carbons (Fsp3) is 0.263. The fourth-order valence-electron chi connectivity index (χ4n) is 2.16. The Labute approximate surface area is 161 Å². The molecule has 1 aromatic carbocycles. The first kappa shape index (κ1) is 20.7. The lowest BCUT2D eigenvalue weighted by molar-refractivity contribution is -0.148. The second-order valence-electron chi connectivity index (χ2n) is 5.82. The molecule has 0 spiro atoms. The van der Waals surface area contributed by atoms with Gasteiger partial charge in [-0.25, -0.2) is 0 Å². The minimum Gasteiger partial charge on any atom is -0.467 e. The van der Waals surface area contributed by atoms with Gasteiger partial charge in [-0.05, 0) is 36.4 Å². The van der Waals surface area contributed by atoms with E-state index in [1.165, 1.54) is 13.2 Å². The number of benzene rings is 1. The van der Waals surface area contributed by atoms with Gasteiger partial charge in [0.25, 0.3) is 5.91 Å². The van der Waals surface area contributed by atoms with E-state index in [2.05, 4.69) is 16.0 Å². The van der Waals surface area contributed by atoms with Gasteiger partial charge in [0.1, 0.15) is 5.76 Å². The van der Waals surface area contributed by atoms with Crippen molar-refractivity contribution < 1.29 is 28.3 Å². The molecule has 28 heavy (non-hydrogen) atoms.